The zero-order valence-electron chi connectivity index (χ0n) is 13.7. The highest BCUT2D eigenvalue weighted by molar-refractivity contribution is 5.53. The predicted molar refractivity (Wildman–Crippen MR) is 92.8 cm³/mol. The number of methoxy groups -OCH3 is 1. The first-order valence-corrected chi connectivity index (χ1v) is 8.06. The lowest BCUT2D eigenvalue weighted by atomic mass is 10.1. The van der Waals surface area contributed by atoms with Crippen molar-refractivity contribution in [3.63, 3.8) is 0 Å². The molecule has 0 aliphatic heterocycles. The van der Waals surface area contributed by atoms with E-state index in [1.807, 2.05) is 30.3 Å². The molecule has 3 aromatic rings. The van der Waals surface area contributed by atoms with Crippen molar-refractivity contribution >= 4 is 0 Å². The van der Waals surface area contributed by atoms with Crippen LogP contribution < -0.4 is 10.1 Å². The van der Waals surface area contributed by atoms with Gasteiger partial charge < -0.3 is 14.5 Å². The topological polar surface area (TPSA) is 60.2 Å². The van der Waals surface area contributed by atoms with E-state index >= 15 is 0 Å². The van der Waals surface area contributed by atoms with E-state index in [1.165, 1.54) is 5.56 Å². The molecule has 0 bridgehead atoms. The predicted octanol–water partition coefficient (Wildman–Crippen LogP) is 3.47. The minimum absolute atomic E-state index is 0.527. The summed E-state index contributed by atoms with van der Waals surface area (Å²) >= 11 is 0. The number of hydrogen-bond donors (Lipinski definition) is 1. The van der Waals surface area contributed by atoms with E-state index in [0.29, 0.717) is 18.3 Å². The third-order valence-corrected chi connectivity index (χ3v) is 3.74. The fraction of sp³-hybridized carbons (Fsp3) is 0.263. The van der Waals surface area contributed by atoms with Crippen molar-refractivity contribution in [2.75, 3.05) is 13.7 Å². The number of benzene rings is 2. The van der Waals surface area contributed by atoms with Gasteiger partial charge >= 0.3 is 0 Å². The van der Waals surface area contributed by atoms with E-state index in [1.54, 1.807) is 7.11 Å². The number of ether oxygens (including phenoxy) is 1. The molecule has 0 amide bonds. The van der Waals surface area contributed by atoms with E-state index in [-0.39, 0.29) is 0 Å². The van der Waals surface area contributed by atoms with E-state index in [2.05, 4.69) is 39.8 Å². The fourth-order valence-electron chi connectivity index (χ4n) is 2.43. The second kappa shape index (κ2) is 8.26. The van der Waals surface area contributed by atoms with Gasteiger partial charge in [-0.15, -0.1) is 10.2 Å². The van der Waals surface area contributed by atoms with Gasteiger partial charge in [0.2, 0.25) is 11.8 Å². The molecular weight excluding hydrogens is 302 g/mol. The molecular formula is C19H21N3O2. The average molecular weight is 323 g/mol. The van der Waals surface area contributed by atoms with Gasteiger partial charge in [0, 0.05) is 5.56 Å². The Hall–Kier alpha value is -2.66. The van der Waals surface area contributed by atoms with Gasteiger partial charge in [-0.2, -0.15) is 0 Å². The monoisotopic (exact) mass is 323 g/mol. The fourth-order valence-corrected chi connectivity index (χ4v) is 2.43. The van der Waals surface area contributed by atoms with Crippen LogP contribution in [-0.4, -0.2) is 23.9 Å². The number of hydrogen-bond acceptors (Lipinski definition) is 5. The summed E-state index contributed by atoms with van der Waals surface area (Å²) in [7, 11) is 1.64. The van der Waals surface area contributed by atoms with Crippen molar-refractivity contribution in [2.45, 2.75) is 19.4 Å². The smallest absolute Gasteiger partial charge is 0.247 e. The summed E-state index contributed by atoms with van der Waals surface area (Å²) in [6.45, 7) is 1.49. The van der Waals surface area contributed by atoms with Crippen LogP contribution in [0.15, 0.2) is 59.0 Å². The second-order valence-electron chi connectivity index (χ2n) is 5.50. The van der Waals surface area contributed by atoms with Crippen LogP contribution in [-0.2, 0) is 13.0 Å². The Balaban J connectivity index is 1.44. The van der Waals surface area contributed by atoms with E-state index in [0.717, 1.165) is 30.7 Å². The number of aryl methyl sites for hydroxylation is 1. The molecule has 1 N–H and O–H groups in total. The Morgan fingerprint density at radius 1 is 1.00 bits per heavy atom. The molecule has 0 radical (unpaired) electrons. The summed E-state index contributed by atoms with van der Waals surface area (Å²) in [5.41, 5.74) is 2.25. The number of rotatable bonds is 8. The largest absolute Gasteiger partial charge is 0.497 e. The van der Waals surface area contributed by atoms with Crippen LogP contribution in [0.2, 0.25) is 0 Å². The summed E-state index contributed by atoms with van der Waals surface area (Å²) < 4.78 is 10.8. The van der Waals surface area contributed by atoms with Crippen molar-refractivity contribution in [1.29, 1.82) is 0 Å². The minimum Gasteiger partial charge on any atom is -0.497 e. The van der Waals surface area contributed by atoms with Crippen LogP contribution in [0.25, 0.3) is 11.5 Å². The molecule has 0 aliphatic carbocycles. The van der Waals surface area contributed by atoms with Gasteiger partial charge in [-0.05, 0) is 49.2 Å². The van der Waals surface area contributed by atoms with Crippen molar-refractivity contribution in [2.24, 2.45) is 0 Å². The highest BCUT2D eigenvalue weighted by atomic mass is 16.5. The third-order valence-electron chi connectivity index (χ3n) is 3.74. The highest BCUT2D eigenvalue weighted by Gasteiger charge is 2.08. The standard InChI is InChI=1S/C19H21N3O2/c1-23-17-11-9-16(10-12-17)19-22-21-18(24-19)14-20-13-5-8-15-6-3-2-4-7-15/h2-4,6-7,9-12,20H,5,8,13-14H2,1H3. The van der Waals surface area contributed by atoms with Gasteiger partial charge in [0.25, 0.3) is 0 Å². The maximum atomic E-state index is 5.68. The maximum absolute atomic E-state index is 5.68. The summed E-state index contributed by atoms with van der Waals surface area (Å²) in [5.74, 6) is 1.93. The molecule has 0 aliphatic rings. The molecule has 5 heteroatoms. The van der Waals surface area contributed by atoms with Gasteiger partial charge in [0.1, 0.15) is 5.75 Å². The molecule has 2 aromatic carbocycles. The molecule has 124 valence electrons. The van der Waals surface area contributed by atoms with Crippen molar-refractivity contribution in [3.05, 3.63) is 66.1 Å². The molecule has 0 fully saturated rings. The summed E-state index contributed by atoms with van der Waals surface area (Å²) in [5, 5.41) is 11.5. The zero-order valence-corrected chi connectivity index (χ0v) is 13.7. The van der Waals surface area contributed by atoms with E-state index in [9.17, 15) is 0 Å². The Kier molecular flexibility index (Phi) is 5.58. The molecule has 5 nitrogen and oxygen atoms in total. The molecule has 1 aromatic heterocycles. The number of aromatic nitrogens is 2. The maximum Gasteiger partial charge on any atom is 0.247 e. The van der Waals surface area contributed by atoms with Crippen LogP contribution in [0.5, 0.6) is 5.75 Å². The Labute approximate surface area is 141 Å². The molecule has 0 atom stereocenters. The molecule has 0 unspecified atom stereocenters. The molecule has 3 rings (SSSR count). The SMILES string of the molecule is COc1ccc(-c2nnc(CNCCCc3ccccc3)o2)cc1. The van der Waals surface area contributed by atoms with E-state index in [4.69, 9.17) is 9.15 Å². The third kappa shape index (κ3) is 4.43. The van der Waals surface area contributed by atoms with Crippen LogP contribution >= 0.6 is 0 Å². The lowest BCUT2D eigenvalue weighted by Crippen LogP contribution is -2.15. The first-order valence-electron chi connectivity index (χ1n) is 8.06. The van der Waals surface area contributed by atoms with Crippen molar-refractivity contribution in [1.82, 2.24) is 15.5 Å². The summed E-state index contributed by atoms with van der Waals surface area (Å²) in [4.78, 5) is 0. The normalized spacial score (nSPS) is 10.7. The van der Waals surface area contributed by atoms with Crippen LogP contribution in [0, 0.1) is 0 Å². The zero-order chi connectivity index (χ0) is 16.6. The Morgan fingerprint density at radius 2 is 1.79 bits per heavy atom. The first kappa shape index (κ1) is 16.2. The van der Waals surface area contributed by atoms with Crippen molar-refractivity contribution < 1.29 is 9.15 Å². The molecule has 0 saturated heterocycles. The van der Waals surface area contributed by atoms with Gasteiger partial charge in [0.15, 0.2) is 0 Å². The van der Waals surface area contributed by atoms with E-state index < -0.39 is 0 Å². The quantitative estimate of drug-likeness (QED) is 0.643. The van der Waals surface area contributed by atoms with Gasteiger partial charge in [-0.25, -0.2) is 0 Å². The molecule has 0 spiro atoms. The Morgan fingerprint density at radius 3 is 2.54 bits per heavy atom. The lowest BCUT2D eigenvalue weighted by molar-refractivity contribution is 0.415. The van der Waals surface area contributed by atoms with Crippen molar-refractivity contribution in [3.8, 4) is 17.2 Å². The van der Waals surface area contributed by atoms with Crippen LogP contribution in [0.4, 0.5) is 0 Å². The van der Waals surface area contributed by atoms with Gasteiger partial charge in [0.05, 0.1) is 13.7 Å². The number of nitrogens with one attached hydrogen (secondary N) is 1. The van der Waals surface area contributed by atoms with Crippen LogP contribution in [0.1, 0.15) is 17.9 Å². The lowest BCUT2D eigenvalue weighted by Gasteiger charge is -2.02. The highest BCUT2D eigenvalue weighted by Crippen LogP contribution is 2.21. The van der Waals surface area contributed by atoms with Gasteiger partial charge in [-0.1, -0.05) is 30.3 Å². The number of nitrogens with zero attached hydrogens (tertiary/aromatic N) is 2. The summed E-state index contributed by atoms with van der Waals surface area (Å²) in [6.07, 6.45) is 2.14. The molecule has 24 heavy (non-hydrogen) atoms. The van der Waals surface area contributed by atoms with Crippen LogP contribution in [0.3, 0.4) is 0 Å². The average Bonchev–Trinajstić information content (AvgIpc) is 3.11. The van der Waals surface area contributed by atoms with Gasteiger partial charge in [-0.3, -0.25) is 0 Å². The molecule has 0 saturated carbocycles. The summed E-state index contributed by atoms with van der Waals surface area (Å²) in [6, 6.07) is 18.1. The second-order valence-corrected chi connectivity index (χ2v) is 5.50. The molecule has 1 heterocycles. The Bertz CT molecular complexity index is 739. The minimum atomic E-state index is 0.527. The first-order chi connectivity index (χ1) is 11.8.